The van der Waals surface area contributed by atoms with Crippen LogP contribution in [0.15, 0.2) is 42.6 Å². The number of nitrogens with one attached hydrogen (secondary N) is 1. The Labute approximate surface area is 194 Å². The smallest absolute Gasteiger partial charge is 0.260 e. The van der Waals surface area contributed by atoms with Crippen LogP contribution in [0.5, 0.6) is 5.75 Å². The number of pyridine rings is 1. The number of piperidine rings is 1. The largest absolute Gasteiger partial charge is 0.484 e. The van der Waals surface area contributed by atoms with E-state index in [1.165, 1.54) is 0 Å². The molecule has 4 rings (SSSR count). The molecule has 2 unspecified atom stereocenters. The minimum Gasteiger partial charge on any atom is -0.484 e. The molecule has 0 bridgehead atoms. The van der Waals surface area contributed by atoms with E-state index < -0.39 is 0 Å². The Hall–Kier alpha value is -3.13. The van der Waals surface area contributed by atoms with Crippen LogP contribution < -0.4 is 15.0 Å². The number of carbonyl (C=O) groups is 2. The average molecular weight is 453 g/mol. The summed E-state index contributed by atoms with van der Waals surface area (Å²) < 4.78 is 11.1. The molecule has 8 nitrogen and oxygen atoms in total. The Balaban J connectivity index is 1.35. The van der Waals surface area contributed by atoms with Crippen molar-refractivity contribution in [3.05, 3.63) is 48.2 Å². The first kappa shape index (κ1) is 23.0. The molecule has 1 aromatic carbocycles. The maximum atomic E-state index is 12.8. The van der Waals surface area contributed by atoms with Gasteiger partial charge in [0.15, 0.2) is 12.4 Å². The van der Waals surface area contributed by atoms with Crippen molar-refractivity contribution in [2.45, 2.75) is 45.2 Å². The van der Waals surface area contributed by atoms with E-state index in [4.69, 9.17) is 9.47 Å². The summed E-state index contributed by atoms with van der Waals surface area (Å²) in [5, 5.41) is 2.96. The summed E-state index contributed by atoms with van der Waals surface area (Å²) >= 11 is 0. The first-order chi connectivity index (χ1) is 16.0. The van der Waals surface area contributed by atoms with Gasteiger partial charge in [-0.3, -0.25) is 9.59 Å². The average Bonchev–Trinajstić information content (AvgIpc) is 2.84. The van der Waals surface area contributed by atoms with Crippen LogP contribution >= 0.6 is 0 Å². The van der Waals surface area contributed by atoms with Crippen molar-refractivity contribution >= 4 is 23.3 Å². The lowest BCUT2D eigenvalue weighted by Gasteiger charge is -2.38. The van der Waals surface area contributed by atoms with E-state index in [1.54, 1.807) is 36.5 Å². The molecule has 2 amide bonds. The first-order valence-corrected chi connectivity index (χ1v) is 11.7. The van der Waals surface area contributed by atoms with Crippen LogP contribution in [0.3, 0.4) is 0 Å². The SMILES string of the molecule is CC1CCCC(C)N1C(=O)COc1ccc(C(=O)Nc2cccnc2N2CCOCC2)cc1. The molecule has 0 aliphatic carbocycles. The summed E-state index contributed by atoms with van der Waals surface area (Å²) in [7, 11) is 0. The lowest BCUT2D eigenvalue weighted by atomic mass is 9.97. The van der Waals surface area contributed by atoms with Crippen molar-refractivity contribution in [3.63, 3.8) is 0 Å². The number of benzene rings is 1. The fourth-order valence-corrected chi connectivity index (χ4v) is 4.55. The van der Waals surface area contributed by atoms with Gasteiger partial charge in [-0.2, -0.15) is 0 Å². The molecule has 0 spiro atoms. The molecule has 2 atom stereocenters. The lowest BCUT2D eigenvalue weighted by molar-refractivity contribution is -0.139. The summed E-state index contributed by atoms with van der Waals surface area (Å²) in [4.78, 5) is 34.0. The molecular weight excluding hydrogens is 420 g/mol. The second-order valence-corrected chi connectivity index (χ2v) is 8.67. The second kappa shape index (κ2) is 10.7. The van der Waals surface area contributed by atoms with Crippen molar-refractivity contribution in [2.75, 3.05) is 43.1 Å². The van der Waals surface area contributed by atoms with Crippen molar-refractivity contribution < 1.29 is 19.1 Å². The number of rotatable bonds is 6. The van der Waals surface area contributed by atoms with Gasteiger partial charge in [0, 0.05) is 36.9 Å². The minimum atomic E-state index is -0.226. The third kappa shape index (κ3) is 5.63. The molecule has 176 valence electrons. The van der Waals surface area contributed by atoms with Crippen LogP contribution in [0.4, 0.5) is 11.5 Å². The predicted octanol–water partition coefficient (Wildman–Crippen LogP) is 3.34. The molecule has 2 saturated heterocycles. The Bertz CT molecular complexity index is 949. The second-order valence-electron chi connectivity index (χ2n) is 8.67. The van der Waals surface area contributed by atoms with Gasteiger partial charge < -0.3 is 24.6 Å². The topological polar surface area (TPSA) is 84.0 Å². The molecule has 33 heavy (non-hydrogen) atoms. The van der Waals surface area contributed by atoms with E-state index in [2.05, 4.69) is 29.0 Å². The van der Waals surface area contributed by atoms with E-state index in [0.717, 1.165) is 38.2 Å². The number of morpholine rings is 1. The van der Waals surface area contributed by atoms with Crippen molar-refractivity contribution in [2.24, 2.45) is 0 Å². The van der Waals surface area contributed by atoms with Gasteiger partial charge >= 0.3 is 0 Å². The summed E-state index contributed by atoms with van der Waals surface area (Å²) in [5.41, 5.74) is 1.17. The number of anilines is 2. The van der Waals surface area contributed by atoms with Gasteiger partial charge in [-0.15, -0.1) is 0 Å². The van der Waals surface area contributed by atoms with Crippen LogP contribution in [-0.2, 0) is 9.53 Å². The van der Waals surface area contributed by atoms with Crippen molar-refractivity contribution in [1.29, 1.82) is 0 Å². The zero-order valence-corrected chi connectivity index (χ0v) is 19.3. The minimum absolute atomic E-state index is 0.00117. The molecule has 1 aromatic heterocycles. The van der Waals surface area contributed by atoms with Gasteiger partial charge in [-0.25, -0.2) is 4.98 Å². The van der Waals surface area contributed by atoms with Gasteiger partial charge in [-0.1, -0.05) is 0 Å². The van der Waals surface area contributed by atoms with Gasteiger partial charge in [0.1, 0.15) is 5.75 Å². The molecule has 0 radical (unpaired) electrons. The Morgan fingerprint density at radius 2 is 1.79 bits per heavy atom. The molecule has 2 aliphatic rings. The van der Waals surface area contributed by atoms with E-state index >= 15 is 0 Å². The quantitative estimate of drug-likeness (QED) is 0.724. The van der Waals surface area contributed by atoms with Crippen molar-refractivity contribution in [3.8, 4) is 5.75 Å². The van der Waals surface area contributed by atoms with E-state index in [1.807, 2.05) is 11.0 Å². The van der Waals surface area contributed by atoms with Crippen molar-refractivity contribution in [1.82, 2.24) is 9.88 Å². The number of nitrogens with zero attached hydrogens (tertiary/aromatic N) is 3. The number of hydrogen-bond acceptors (Lipinski definition) is 6. The number of hydrogen-bond donors (Lipinski definition) is 1. The summed E-state index contributed by atoms with van der Waals surface area (Å²) in [6.07, 6.45) is 4.94. The number of ether oxygens (including phenoxy) is 2. The number of likely N-dealkylation sites (tertiary alicyclic amines) is 1. The lowest BCUT2D eigenvalue weighted by Crippen LogP contribution is -2.49. The van der Waals surface area contributed by atoms with E-state index in [0.29, 0.717) is 30.2 Å². The van der Waals surface area contributed by atoms with Crippen LogP contribution in [0.2, 0.25) is 0 Å². The molecule has 3 heterocycles. The van der Waals surface area contributed by atoms with Gasteiger partial charge in [0.2, 0.25) is 0 Å². The molecule has 8 heteroatoms. The third-order valence-corrected chi connectivity index (χ3v) is 6.31. The van der Waals surface area contributed by atoms with Crippen LogP contribution in [-0.4, -0.2) is 66.7 Å². The highest BCUT2D eigenvalue weighted by Gasteiger charge is 2.29. The maximum absolute atomic E-state index is 12.8. The van der Waals surface area contributed by atoms with Crippen LogP contribution in [0.1, 0.15) is 43.5 Å². The summed E-state index contributed by atoms with van der Waals surface area (Å²) in [6, 6.07) is 11.0. The zero-order valence-electron chi connectivity index (χ0n) is 19.3. The first-order valence-electron chi connectivity index (χ1n) is 11.7. The third-order valence-electron chi connectivity index (χ3n) is 6.31. The van der Waals surface area contributed by atoms with E-state index in [-0.39, 0.29) is 30.5 Å². The number of carbonyl (C=O) groups excluding carboxylic acids is 2. The monoisotopic (exact) mass is 452 g/mol. The molecule has 2 fully saturated rings. The van der Waals surface area contributed by atoms with Crippen LogP contribution in [0, 0.1) is 0 Å². The highest BCUT2D eigenvalue weighted by molar-refractivity contribution is 6.05. The van der Waals surface area contributed by atoms with Gasteiger partial charge in [-0.05, 0) is 69.5 Å². The Morgan fingerprint density at radius 1 is 1.09 bits per heavy atom. The predicted molar refractivity (Wildman–Crippen MR) is 127 cm³/mol. The molecule has 2 aliphatic heterocycles. The van der Waals surface area contributed by atoms with E-state index in [9.17, 15) is 9.59 Å². The Morgan fingerprint density at radius 3 is 2.48 bits per heavy atom. The Kier molecular flexibility index (Phi) is 7.44. The fourth-order valence-electron chi connectivity index (χ4n) is 4.55. The molecule has 2 aromatic rings. The standard InChI is InChI=1S/C25H32N4O4/c1-18-5-3-6-19(2)29(18)23(30)17-33-21-10-8-20(9-11-21)25(31)27-22-7-4-12-26-24(22)28-13-15-32-16-14-28/h4,7-12,18-19H,3,5-6,13-17H2,1-2H3,(H,27,31). The fraction of sp³-hybridized carbons (Fsp3) is 0.480. The number of amides is 2. The summed E-state index contributed by atoms with van der Waals surface area (Å²) in [5.74, 6) is 1.08. The number of aromatic nitrogens is 1. The van der Waals surface area contributed by atoms with Crippen LogP contribution in [0.25, 0.3) is 0 Å². The zero-order chi connectivity index (χ0) is 23.2. The van der Waals surface area contributed by atoms with Gasteiger partial charge in [0.25, 0.3) is 11.8 Å². The normalized spacial score (nSPS) is 20.9. The molecule has 1 N–H and O–H groups in total. The van der Waals surface area contributed by atoms with Gasteiger partial charge in [0.05, 0.1) is 18.9 Å². The molecular formula is C25H32N4O4. The maximum Gasteiger partial charge on any atom is 0.260 e. The highest BCUT2D eigenvalue weighted by Crippen LogP contribution is 2.25. The summed E-state index contributed by atoms with van der Waals surface area (Å²) in [6.45, 7) is 6.94. The molecule has 0 saturated carbocycles. The highest BCUT2D eigenvalue weighted by atomic mass is 16.5.